The second kappa shape index (κ2) is 7.99. The Morgan fingerprint density at radius 1 is 1.11 bits per heavy atom. The molecule has 0 aliphatic heterocycles. The highest BCUT2D eigenvalue weighted by Crippen LogP contribution is 2.12. The van der Waals surface area contributed by atoms with Gasteiger partial charge >= 0.3 is 11.9 Å². The fraction of sp³-hybridized carbons (Fsp3) is 0.308. The van der Waals surface area contributed by atoms with E-state index in [4.69, 9.17) is 9.84 Å². The van der Waals surface area contributed by atoms with E-state index in [0.717, 1.165) is 0 Å². The number of hydrogen-bond acceptors (Lipinski definition) is 6. The van der Waals surface area contributed by atoms with Gasteiger partial charge in [-0.3, -0.25) is 14.4 Å². The molecule has 0 aromatic heterocycles. The van der Waals surface area contributed by atoms with Crippen LogP contribution in [0.5, 0.6) is 5.75 Å². The van der Waals surface area contributed by atoms with Crippen LogP contribution in [0, 0.1) is 0 Å². The van der Waals surface area contributed by atoms with Crippen LogP contribution in [0.25, 0.3) is 0 Å². The van der Waals surface area contributed by atoms with E-state index in [1.807, 2.05) is 0 Å². The fourth-order valence-corrected chi connectivity index (χ4v) is 1.23. The average molecular weight is 266 g/mol. The molecule has 0 spiro atoms. The highest BCUT2D eigenvalue weighted by atomic mass is 16.5. The highest BCUT2D eigenvalue weighted by Gasteiger charge is 2.09. The second-order valence-electron chi connectivity index (χ2n) is 3.61. The number of hydrogen-bond donors (Lipinski definition) is 1. The summed E-state index contributed by atoms with van der Waals surface area (Å²) in [6.07, 6.45) is 0.466. The molecule has 0 aliphatic rings. The minimum atomic E-state index is -0.570. The molecular weight excluding hydrogens is 252 g/mol. The molecular formula is C13H14O6. The quantitative estimate of drug-likeness (QED) is 0.444. The Labute approximate surface area is 109 Å². The van der Waals surface area contributed by atoms with Crippen molar-refractivity contribution >= 4 is 18.2 Å². The first-order valence-corrected chi connectivity index (χ1v) is 5.68. The molecule has 1 N–H and O–H groups in total. The summed E-state index contributed by atoms with van der Waals surface area (Å²) in [6, 6.07) is 6.02. The fourth-order valence-electron chi connectivity index (χ4n) is 1.23. The molecule has 0 amide bonds. The minimum Gasteiger partial charge on any atom is -0.463 e. The van der Waals surface area contributed by atoms with Gasteiger partial charge in [-0.25, -0.2) is 0 Å². The number of aliphatic hydroxyl groups is 1. The van der Waals surface area contributed by atoms with Crippen molar-refractivity contribution in [3.63, 3.8) is 0 Å². The Morgan fingerprint density at radius 3 is 2.32 bits per heavy atom. The number of rotatable bonds is 7. The zero-order valence-corrected chi connectivity index (χ0v) is 10.2. The molecule has 1 aromatic rings. The summed E-state index contributed by atoms with van der Waals surface area (Å²) in [5, 5.41) is 8.44. The number of aldehydes is 1. The lowest BCUT2D eigenvalue weighted by atomic mass is 10.2. The Balaban J connectivity index is 2.34. The summed E-state index contributed by atoms with van der Waals surface area (Å²) >= 11 is 0. The molecule has 6 heteroatoms. The number of benzene rings is 1. The van der Waals surface area contributed by atoms with Gasteiger partial charge in [0.25, 0.3) is 0 Å². The zero-order valence-electron chi connectivity index (χ0n) is 10.2. The van der Waals surface area contributed by atoms with Crippen LogP contribution in [0.4, 0.5) is 0 Å². The molecule has 1 rings (SSSR count). The van der Waals surface area contributed by atoms with Crippen LogP contribution in [-0.4, -0.2) is 36.5 Å². The van der Waals surface area contributed by atoms with Crippen molar-refractivity contribution in [3.05, 3.63) is 29.8 Å². The first kappa shape index (κ1) is 14.8. The third-order valence-electron chi connectivity index (χ3n) is 2.14. The molecule has 0 radical (unpaired) electrons. The normalized spacial score (nSPS) is 9.74. The predicted octanol–water partition coefficient (Wildman–Crippen LogP) is 0.720. The van der Waals surface area contributed by atoms with E-state index in [1.54, 1.807) is 0 Å². The lowest BCUT2D eigenvalue weighted by Gasteiger charge is -2.04. The van der Waals surface area contributed by atoms with Crippen molar-refractivity contribution in [1.29, 1.82) is 0 Å². The van der Waals surface area contributed by atoms with Gasteiger partial charge in [0.1, 0.15) is 18.6 Å². The molecule has 0 atom stereocenters. The summed E-state index contributed by atoms with van der Waals surface area (Å²) in [5.41, 5.74) is 0.479. The molecule has 0 saturated heterocycles. The summed E-state index contributed by atoms with van der Waals surface area (Å²) in [5.74, 6) is -0.832. The molecule has 19 heavy (non-hydrogen) atoms. The topological polar surface area (TPSA) is 89.9 Å². The van der Waals surface area contributed by atoms with E-state index in [0.29, 0.717) is 17.6 Å². The molecule has 0 aliphatic carbocycles. The summed E-state index contributed by atoms with van der Waals surface area (Å²) < 4.78 is 9.54. The summed E-state index contributed by atoms with van der Waals surface area (Å²) in [6.45, 7) is -0.333. The average Bonchev–Trinajstić information content (AvgIpc) is 2.43. The van der Waals surface area contributed by atoms with Gasteiger partial charge in [-0.2, -0.15) is 0 Å². The van der Waals surface area contributed by atoms with Crippen LogP contribution >= 0.6 is 0 Å². The first-order chi connectivity index (χ1) is 9.15. The van der Waals surface area contributed by atoms with Crippen LogP contribution in [0.15, 0.2) is 24.3 Å². The van der Waals surface area contributed by atoms with E-state index in [2.05, 4.69) is 4.74 Å². The summed E-state index contributed by atoms with van der Waals surface area (Å²) in [7, 11) is 0. The van der Waals surface area contributed by atoms with Gasteiger partial charge in [-0.05, 0) is 24.3 Å². The number of ether oxygens (including phenoxy) is 2. The van der Waals surface area contributed by atoms with Gasteiger partial charge in [0.05, 0.1) is 19.4 Å². The molecule has 0 fully saturated rings. The molecule has 0 heterocycles. The number of aliphatic hydroxyl groups excluding tert-OH is 1. The van der Waals surface area contributed by atoms with Gasteiger partial charge in [-0.1, -0.05) is 0 Å². The maximum atomic E-state index is 11.4. The highest BCUT2D eigenvalue weighted by molar-refractivity contribution is 5.79. The molecule has 0 saturated carbocycles. The number of esters is 2. The maximum Gasteiger partial charge on any atom is 0.311 e. The third kappa shape index (κ3) is 5.78. The van der Waals surface area contributed by atoms with E-state index in [-0.39, 0.29) is 26.1 Å². The van der Waals surface area contributed by atoms with E-state index in [1.165, 1.54) is 24.3 Å². The Kier molecular flexibility index (Phi) is 6.25. The molecule has 1 aromatic carbocycles. The SMILES string of the molecule is O=Cc1ccc(OC(=O)CCC(=O)OCCO)cc1. The van der Waals surface area contributed by atoms with Crippen molar-refractivity contribution < 1.29 is 29.0 Å². The maximum absolute atomic E-state index is 11.4. The van der Waals surface area contributed by atoms with Crippen molar-refractivity contribution in [2.45, 2.75) is 12.8 Å². The standard InChI is InChI=1S/C13H14O6/c14-7-8-18-12(16)5-6-13(17)19-11-3-1-10(9-15)2-4-11/h1-4,9,14H,5-8H2. The zero-order chi connectivity index (χ0) is 14.1. The molecule has 0 unspecified atom stereocenters. The van der Waals surface area contributed by atoms with Gasteiger partial charge in [0, 0.05) is 5.56 Å². The lowest BCUT2D eigenvalue weighted by Crippen LogP contribution is -2.13. The van der Waals surface area contributed by atoms with Gasteiger partial charge in [0.2, 0.25) is 0 Å². The smallest absolute Gasteiger partial charge is 0.311 e. The van der Waals surface area contributed by atoms with Crippen LogP contribution in [0.1, 0.15) is 23.2 Å². The van der Waals surface area contributed by atoms with Crippen molar-refractivity contribution in [2.75, 3.05) is 13.2 Å². The van der Waals surface area contributed by atoms with Crippen LogP contribution < -0.4 is 4.74 Å². The lowest BCUT2D eigenvalue weighted by molar-refractivity contribution is -0.147. The number of carbonyl (C=O) groups is 3. The third-order valence-corrected chi connectivity index (χ3v) is 2.14. The Morgan fingerprint density at radius 2 is 1.74 bits per heavy atom. The summed E-state index contributed by atoms with van der Waals surface area (Å²) in [4.78, 5) is 32.9. The molecule has 0 bridgehead atoms. The van der Waals surface area contributed by atoms with Crippen molar-refractivity contribution in [2.24, 2.45) is 0 Å². The van der Waals surface area contributed by atoms with Crippen molar-refractivity contribution in [1.82, 2.24) is 0 Å². The second-order valence-corrected chi connectivity index (χ2v) is 3.61. The van der Waals surface area contributed by atoms with E-state index < -0.39 is 11.9 Å². The Hall–Kier alpha value is -2.21. The van der Waals surface area contributed by atoms with Gasteiger partial charge in [0.15, 0.2) is 0 Å². The van der Waals surface area contributed by atoms with Crippen molar-refractivity contribution in [3.8, 4) is 5.75 Å². The van der Waals surface area contributed by atoms with Crippen LogP contribution in [0.2, 0.25) is 0 Å². The Bertz CT molecular complexity index is 437. The van der Waals surface area contributed by atoms with E-state index >= 15 is 0 Å². The largest absolute Gasteiger partial charge is 0.463 e. The van der Waals surface area contributed by atoms with E-state index in [9.17, 15) is 14.4 Å². The monoisotopic (exact) mass is 266 g/mol. The van der Waals surface area contributed by atoms with Crippen LogP contribution in [-0.2, 0) is 14.3 Å². The molecule has 102 valence electrons. The van der Waals surface area contributed by atoms with Gasteiger partial charge in [-0.15, -0.1) is 0 Å². The van der Waals surface area contributed by atoms with Crippen LogP contribution in [0.3, 0.4) is 0 Å². The predicted molar refractivity (Wildman–Crippen MR) is 64.7 cm³/mol. The first-order valence-electron chi connectivity index (χ1n) is 5.68. The number of carbonyl (C=O) groups excluding carboxylic acids is 3. The van der Waals surface area contributed by atoms with Gasteiger partial charge < -0.3 is 14.6 Å². The minimum absolute atomic E-state index is 0.0823. The molecule has 6 nitrogen and oxygen atoms in total.